The number of nitrogens with one attached hydrogen (secondary N) is 1. The second-order valence-electron chi connectivity index (χ2n) is 7.11. The maximum atomic E-state index is 11.8. The number of carbonyl (C=O) groups is 1. The Bertz CT molecular complexity index is 732. The number of fused-ring (bicyclic) bond motifs is 1. The van der Waals surface area contributed by atoms with E-state index in [9.17, 15) is 4.79 Å². The van der Waals surface area contributed by atoms with Crippen LogP contribution >= 0.6 is 11.3 Å². The average molecular weight is 345 g/mol. The molecule has 128 valence electrons. The van der Waals surface area contributed by atoms with Gasteiger partial charge in [0.25, 0.3) is 0 Å². The number of rotatable bonds is 2. The molecule has 5 nitrogen and oxygen atoms in total. The first kappa shape index (κ1) is 16.8. The minimum atomic E-state index is -0.500. The average Bonchev–Trinajstić information content (AvgIpc) is 2.85. The number of anilines is 2. The maximum absolute atomic E-state index is 11.8. The summed E-state index contributed by atoms with van der Waals surface area (Å²) >= 11 is 1.60. The van der Waals surface area contributed by atoms with Gasteiger partial charge in [0.2, 0.25) is 0 Å². The van der Waals surface area contributed by atoms with Crippen molar-refractivity contribution < 1.29 is 9.53 Å². The fourth-order valence-electron chi connectivity index (χ4n) is 2.94. The highest BCUT2D eigenvalue weighted by Gasteiger charge is 2.23. The lowest BCUT2D eigenvalue weighted by Gasteiger charge is -2.22. The van der Waals surface area contributed by atoms with Crippen molar-refractivity contribution in [1.29, 1.82) is 0 Å². The number of ether oxygens (including phenoxy) is 1. The van der Waals surface area contributed by atoms with Crippen molar-refractivity contribution in [2.24, 2.45) is 0 Å². The fourth-order valence-corrected chi connectivity index (χ4v) is 3.90. The van der Waals surface area contributed by atoms with E-state index in [1.807, 2.05) is 32.9 Å². The van der Waals surface area contributed by atoms with Gasteiger partial charge in [0.05, 0.1) is 5.69 Å². The van der Waals surface area contributed by atoms with Gasteiger partial charge in [0.1, 0.15) is 5.60 Å². The van der Waals surface area contributed by atoms with Crippen LogP contribution in [0.5, 0.6) is 0 Å². The number of aryl methyl sites for hydroxylation is 1. The van der Waals surface area contributed by atoms with Gasteiger partial charge in [-0.1, -0.05) is 12.1 Å². The topological polar surface area (TPSA) is 77.2 Å². The van der Waals surface area contributed by atoms with E-state index in [4.69, 9.17) is 10.5 Å². The largest absolute Gasteiger partial charge is 0.444 e. The predicted molar refractivity (Wildman–Crippen MR) is 97.6 cm³/mol. The Kier molecular flexibility index (Phi) is 4.49. The molecule has 1 aliphatic rings. The zero-order valence-corrected chi connectivity index (χ0v) is 15.1. The van der Waals surface area contributed by atoms with E-state index in [-0.39, 0.29) is 0 Å². The molecular weight excluding hydrogens is 322 g/mol. The molecule has 1 atom stereocenters. The zero-order valence-electron chi connectivity index (χ0n) is 14.3. The van der Waals surface area contributed by atoms with E-state index in [1.54, 1.807) is 11.3 Å². The fraction of sp³-hybridized carbons (Fsp3) is 0.444. The molecule has 0 fully saturated rings. The number of nitrogens with two attached hydrogens (primary N) is 1. The number of amides is 1. The smallest absolute Gasteiger partial charge is 0.412 e. The van der Waals surface area contributed by atoms with Crippen LogP contribution in [0, 0.1) is 0 Å². The maximum Gasteiger partial charge on any atom is 0.412 e. The second-order valence-corrected chi connectivity index (χ2v) is 8.23. The summed E-state index contributed by atoms with van der Waals surface area (Å²) in [6, 6.07) is 8.01. The second kappa shape index (κ2) is 6.43. The number of thiazole rings is 1. The SMILES string of the molecule is CC(C)(C)OC(=O)Nc1ccc(C2CCc3nc(N)sc3C2)cc1. The van der Waals surface area contributed by atoms with Crippen LogP contribution in [0.4, 0.5) is 15.6 Å². The predicted octanol–water partition coefficient (Wildman–Crippen LogP) is 4.34. The highest BCUT2D eigenvalue weighted by Crippen LogP contribution is 2.36. The summed E-state index contributed by atoms with van der Waals surface area (Å²) in [6.45, 7) is 5.54. The molecule has 0 saturated carbocycles. The van der Waals surface area contributed by atoms with Crippen molar-refractivity contribution in [1.82, 2.24) is 4.98 Å². The number of hydrogen-bond donors (Lipinski definition) is 2. The van der Waals surface area contributed by atoms with E-state index >= 15 is 0 Å². The lowest BCUT2D eigenvalue weighted by Crippen LogP contribution is -2.27. The first-order valence-electron chi connectivity index (χ1n) is 8.14. The van der Waals surface area contributed by atoms with Gasteiger partial charge in [-0.3, -0.25) is 5.32 Å². The number of carbonyl (C=O) groups excluding carboxylic acids is 1. The lowest BCUT2D eigenvalue weighted by molar-refractivity contribution is 0.0636. The molecule has 1 aromatic heterocycles. The molecule has 1 amide bonds. The third-order valence-electron chi connectivity index (χ3n) is 3.98. The number of aromatic nitrogens is 1. The van der Waals surface area contributed by atoms with Gasteiger partial charge in [0, 0.05) is 10.6 Å². The van der Waals surface area contributed by atoms with Gasteiger partial charge in [-0.25, -0.2) is 9.78 Å². The normalized spacial score (nSPS) is 17.2. The van der Waals surface area contributed by atoms with E-state index in [0.29, 0.717) is 11.0 Å². The highest BCUT2D eigenvalue weighted by atomic mass is 32.1. The molecule has 3 N–H and O–H groups in total. The Labute approximate surface area is 146 Å². The first-order chi connectivity index (χ1) is 11.3. The Morgan fingerprint density at radius 2 is 2.04 bits per heavy atom. The van der Waals surface area contributed by atoms with Crippen molar-refractivity contribution in [2.75, 3.05) is 11.1 Å². The number of benzene rings is 1. The summed E-state index contributed by atoms with van der Waals surface area (Å²) < 4.78 is 5.26. The minimum absolute atomic E-state index is 0.433. The van der Waals surface area contributed by atoms with Crippen LogP contribution in [0.25, 0.3) is 0 Å². The van der Waals surface area contributed by atoms with Crippen molar-refractivity contribution >= 4 is 28.2 Å². The van der Waals surface area contributed by atoms with Crippen LogP contribution in [0.3, 0.4) is 0 Å². The molecule has 0 aliphatic heterocycles. The summed E-state index contributed by atoms with van der Waals surface area (Å²) in [4.78, 5) is 17.5. The van der Waals surface area contributed by atoms with Crippen LogP contribution in [-0.4, -0.2) is 16.7 Å². The van der Waals surface area contributed by atoms with E-state index < -0.39 is 11.7 Å². The number of hydrogen-bond acceptors (Lipinski definition) is 5. The third kappa shape index (κ3) is 4.06. The quantitative estimate of drug-likeness (QED) is 0.848. The van der Waals surface area contributed by atoms with Gasteiger partial charge in [-0.2, -0.15) is 0 Å². The van der Waals surface area contributed by atoms with Crippen LogP contribution in [0.15, 0.2) is 24.3 Å². The Hall–Kier alpha value is -2.08. The Morgan fingerprint density at radius 1 is 1.33 bits per heavy atom. The van der Waals surface area contributed by atoms with E-state index in [2.05, 4.69) is 22.4 Å². The summed E-state index contributed by atoms with van der Waals surface area (Å²) in [7, 11) is 0. The molecule has 0 bridgehead atoms. The van der Waals surface area contributed by atoms with Crippen molar-refractivity contribution in [3.05, 3.63) is 40.4 Å². The van der Waals surface area contributed by atoms with Crippen LogP contribution < -0.4 is 11.1 Å². The van der Waals surface area contributed by atoms with Gasteiger partial charge < -0.3 is 10.5 Å². The molecule has 1 aliphatic carbocycles. The Balaban J connectivity index is 1.64. The van der Waals surface area contributed by atoms with Gasteiger partial charge in [0.15, 0.2) is 5.13 Å². The molecule has 1 heterocycles. The highest BCUT2D eigenvalue weighted by molar-refractivity contribution is 7.15. The number of nitrogens with zero attached hydrogens (tertiary/aromatic N) is 1. The molecular formula is C18H23N3O2S. The monoisotopic (exact) mass is 345 g/mol. The van der Waals surface area contributed by atoms with Gasteiger partial charge in [-0.05, 0) is 63.6 Å². The molecule has 6 heteroatoms. The summed E-state index contributed by atoms with van der Waals surface area (Å²) in [5.41, 5.74) is 8.49. The third-order valence-corrected chi connectivity index (χ3v) is 4.93. The van der Waals surface area contributed by atoms with E-state index in [1.165, 1.54) is 10.4 Å². The van der Waals surface area contributed by atoms with Crippen molar-refractivity contribution in [3.63, 3.8) is 0 Å². The standard InChI is InChI=1S/C18H23N3O2S/c1-18(2,3)23-17(22)20-13-7-4-11(5-8-13)12-6-9-14-15(10-12)24-16(19)21-14/h4-5,7-8,12H,6,9-10H2,1-3H3,(H2,19,21)(H,20,22). The molecule has 24 heavy (non-hydrogen) atoms. The molecule has 3 rings (SSSR count). The summed E-state index contributed by atoms with van der Waals surface area (Å²) in [5, 5.41) is 3.43. The lowest BCUT2D eigenvalue weighted by atomic mass is 9.85. The minimum Gasteiger partial charge on any atom is -0.444 e. The molecule has 0 saturated heterocycles. The van der Waals surface area contributed by atoms with Crippen LogP contribution in [0.2, 0.25) is 0 Å². The first-order valence-corrected chi connectivity index (χ1v) is 8.96. The van der Waals surface area contributed by atoms with Crippen LogP contribution in [-0.2, 0) is 17.6 Å². The molecule has 2 aromatic rings. The van der Waals surface area contributed by atoms with E-state index in [0.717, 1.165) is 30.6 Å². The van der Waals surface area contributed by atoms with Crippen LogP contribution in [0.1, 0.15) is 49.2 Å². The summed E-state index contributed by atoms with van der Waals surface area (Å²) in [6.07, 6.45) is 2.61. The summed E-state index contributed by atoms with van der Waals surface area (Å²) in [5.74, 6) is 0.480. The van der Waals surface area contributed by atoms with Crippen molar-refractivity contribution in [2.45, 2.75) is 51.6 Å². The molecule has 1 unspecified atom stereocenters. The molecule has 0 radical (unpaired) electrons. The van der Waals surface area contributed by atoms with Gasteiger partial charge in [-0.15, -0.1) is 11.3 Å². The van der Waals surface area contributed by atoms with Crippen molar-refractivity contribution in [3.8, 4) is 0 Å². The molecule has 0 spiro atoms. The Morgan fingerprint density at radius 3 is 2.71 bits per heavy atom. The molecule has 1 aromatic carbocycles. The number of nitrogen functional groups attached to an aromatic ring is 1. The zero-order chi connectivity index (χ0) is 17.3. The van der Waals surface area contributed by atoms with Gasteiger partial charge >= 0.3 is 6.09 Å².